The van der Waals surface area contributed by atoms with Crippen molar-refractivity contribution in [2.24, 2.45) is 0 Å². The molecule has 1 fully saturated rings. The van der Waals surface area contributed by atoms with E-state index in [0.29, 0.717) is 0 Å². The number of hydrogen-bond acceptors (Lipinski definition) is 3. The average Bonchev–Trinajstić information content (AvgIpc) is 2.56. The zero-order chi connectivity index (χ0) is 15.4. The van der Waals surface area contributed by atoms with E-state index in [1.54, 1.807) is 6.92 Å². The van der Waals surface area contributed by atoms with E-state index in [1.807, 2.05) is 41.4 Å². The number of carbonyl (C=O) groups is 1. The molecule has 0 bridgehead atoms. The third-order valence-corrected chi connectivity index (χ3v) is 4.17. The Labute approximate surface area is 131 Å². The highest BCUT2D eigenvalue weighted by molar-refractivity contribution is 5.74. The van der Waals surface area contributed by atoms with Crippen LogP contribution in [0.4, 0.5) is 0 Å². The Morgan fingerprint density at radius 1 is 1.14 bits per heavy atom. The van der Waals surface area contributed by atoms with E-state index in [4.69, 9.17) is 0 Å². The second-order valence-electron chi connectivity index (χ2n) is 5.70. The lowest BCUT2D eigenvalue weighted by Gasteiger charge is -2.41. The molecular formula is C18H21N3O. The molecule has 1 unspecified atom stereocenters. The van der Waals surface area contributed by atoms with Crippen LogP contribution in [0.3, 0.4) is 0 Å². The monoisotopic (exact) mass is 295 g/mol. The van der Waals surface area contributed by atoms with Gasteiger partial charge in [-0.1, -0.05) is 36.4 Å². The molecule has 3 rings (SSSR count). The maximum atomic E-state index is 11.9. The van der Waals surface area contributed by atoms with Gasteiger partial charge in [-0.05, 0) is 17.7 Å². The lowest BCUT2D eigenvalue weighted by molar-refractivity contribution is -0.134. The maximum Gasteiger partial charge on any atom is 0.220 e. The second kappa shape index (κ2) is 6.71. The first-order chi connectivity index (χ1) is 10.7. The Bertz CT molecular complexity index is 615. The van der Waals surface area contributed by atoms with Gasteiger partial charge in [-0.15, -0.1) is 0 Å². The van der Waals surface area contributed by atoms with Gasteiger partial charge in [0.1, 0.15) is 0 Å². The summed E-state index contributed by atoms with van der Waals surface area (Å²) in [6, 6.07) is 16.4. The Balaban J connectivity index is 1.77. The van der Waals surface area contributed by atoms with Crippen LogP contribution in [0.15, 0.2) is 54.7 Å². The first kappa shape index (κ1) is 14.7. The van der Waals surface area contributed by atoms with E-state index in [2.05, 4.69) is 28.1 Å². The van der Waals surface area contributed by atoms with Gasteiger partial charge < -0.3 is 4.90 Å². The molecule has 0 saturated carbocycles. The third kappa shape index (κ3) is 3.34. The van der Waals surface area contributed by atoms with Gasteiger partial charge in [0.05, 0.1) is 11.7 Å². The lowest BCUT2D eigenvalue weighted by atomic mass is 10.0. The SMILES string of the molecule is CC(=O)N1CCN(Cc2ccccn2)CC1c1ccccc1. The van der Waals surface area contributed by atoms with Crippen LogP contribution in [-0.4, -0.2) is 40.3 Å². The summed E-state index contributed by atoms with van der Waals surface area (Å²) in [5, 5.41) is 0. The topological polar surface area (TPSA) is 36.4 Å². The zero-order valence-corrected chi connectivity index (χ0v) is 12.9. The van der Waals surface area contributed by atoms with Gasteiger partial charge in [-0.2, -0.15) is 0 Å². The van der Waals surface area contributed by atoms with Crippen molar-refractivity contribution in [1.82, 2.24) is 14.8 Å². The number of hydrogen-bond donors (Lipinski definition) is 0. The molecule has 1 atom stereocenters. The van der Waals surface area contributed by atoms with Crippen molar-refractivity contribution in [1.29, 1.82) is 0 Å². The average molecular weight is 295 g/mol. The molecule has 2 heterocycles. The van der Waals surface area contributed by atoms with Gasteiger partial charge in [-0.25, -0.2) is 0 Å². The highest BCUT2D eigenvalue weighted by Gasteiger charge is 2.29. The molecule has 0 spiro atoms. The number of amides is 1. The predicted octanol–water partition coefficient (Wildman–Crippen LogP) is 2.49. The minimum absolute atomic E-state index is 0.121. The van der Waals surface area contributed by atoms with Gasteiger partial charge in [-0.3, -0.25) is 14.7 Å². The summed E-state index contributed by atoms with van der Waals surface area (Å²) < 4.78 is 0. The van der Waals surface area contributed by atoms with Crippen molar-refractivity contribution >= 4 is 5.91 Å². The summed E-state index contributed by atoms with van der Waals surface area (Å²) in [4.78, 5) is 20.7. The van der Waals surface area contributed by atoms with Gasteiger partial charge in [0.15, 0.2) is 0 Å². The fraction of sp³-hybridized carbons (Fsp3) is 0.333. The van der Waals surface area contributed by atoms with Crippen LogP contribution in [0.2, 0.25) is 0 Å². The smallest absolute Gasteiger partial charge is 0.220 e. The number of rotatable bonds is 3. The minimum atomic E-state index is 0.121. The van der Waals surface area contributed by atoms with Gasteiger partial charge in [0.25, 0.3) is 0 Å². The van der Waals surface area contributed by atoms with Crippen LogP contribution in [0.25, 0.3) is 0 Å². The van der Waals surface area contributed by atoms with E-state index in [0.717, 1.165) is 31.9 Å². The van der Waals surface area contributed by atoms with Crippen LogP contribution in [0.5, 0.6) is 0 Å². The molecule has 4 heteroatoms. The van der Waals surface area contributed by atoms with Crippen molar-refractivity contribution in [3.05, 3.63) is 66.0 Å². The number of carbonyl (C=O) groups excluding carboxylic acids is 1. The molecular weight excluding hydrogens is 274 g/mol. The summed E-state index contributed by atoms with van der Waals surface area (Å²) in [5.74, 6) is 0.145. The van der Waals surface area contributed by atoms with Crippen LogP contribution >= 0.6 is 0 Å². The molecule has 1 aromatic carbocycles. The Hall–Kier alpha value is -2.20. The number of benzene rings is 1. The molecule has 1 aliphatic rings. The first-order valence-corrected chi connectivity index (χ1v) is 7.68. The van der Waals surface area contributed by atoms with Crippen molar-refractivity contribution in [2.75, 3.05) is 19.6 Å². The normalized spacial score (nSPS) is 19.1. The highest BCUT2D eigenvalue weighted by Crippen LogP contribution is 2.26. The molecule has 1 saturated heterocycles. The van der Waals surface area contributed by atoms with Crippen LogP contribution in [-0.2, 0) is 11.3 Å². The molecule has 0 aliphatic carbocycles. The molecule has 0 N–H and O–H groups in total. The lowest BCUT2D eigenvalue weighted by Crippen LogP contribution is -2.49. The summed E-state index contributed by atoms with van der Waals surface area (Å²) in [6.45, 7) is 4.99. The van der Waals surface area contributed by atoms with E-state index in [9.17, 15) is 4.79 Å². The first-order valence-electron chi connectivity index (χ1n) is 7.68. The summed E-state index contributed by atoms with van der Waals surface area (Å²) in [5.41, 5.74) is 2.27. The molecule has 1 aromatic heterocycles. The Morgan fingerprint density at radius 2 is 1.91 bits per heavy atom. The highest BCUT2D eigenvalue weighted by atomic mass is 16.2. The number of nitrogens with zero attached hydrogens (tertiary/aromatic N) is 3. The fourth-order valence-electron chi connectivity index (χ4n) is 3.04. The van der Waals surface area contributed by atoms with Crippen LogP contribution in [0, 0.1) is 0 Å². The minimum Gasteiger partial charge on any atom is -0.333 e. The predicted molar refractivity (Wildman–Crippen MR) is 86.1 cm³/mol. The number of piperazine rings is 1. The summed E-state index contributed by atoms with van der Waals surface area (Å²) >= 11 is 0. The van der Waals surface area contributed by atoms with Crippen LogP contribution in [0.1, 0.15) is 24.2 Å². The van der Waals surface area contributed by atoms with Crippen molar-refractivity contribution in [3.63, 3.8) is 0 Å². The summed E-state index contributed by atoms with van der Waals surface area (Å²) in [7, 11) is 0. The Morgan fingerprint density at radius 3 is 2.59 bits per heavy atom. The van der Waals surface area contributed by atoms with E-state index < -0.39 is 0 Å². The molecule has 4 nitrogen and oxygen atoms in total. The standard InChI is InChI=1S/C18H21N3O/c1-15(22)21-12-11-20(13-17-9-5-6-10-19-17)14-18(21)16-7-3-2-4-8-16/h2-10,18H,11-14H2,1H3. The van der Waals surface area contributed by atoms with Crippen molar-refractivity contribution in [2.45, 2.75) is 19.5 Å². The van der Waals surface area contributed by atoms with E-state index >= 15 is 0 Å². The van der Waals surface area contributed by atoms with Crippen molar-refractivity contribution < 1.29 is 4.79 Å². The number of pyridine rings is 1. The van der Waals surface area contributed by atoms with Gasteiger partial charge in [0, 0.05) is 39.3 Å². The maximum absolute atomic E-state index is 11.9. The largest absolute Gasteiger partial charge is 0.333 e. The van der Waals surface area contributed by atoms with E-state index in [1.165, 1.54) is 5.56 Å². The molecule has 1 amide bonds. The van der Waals surface area contributed by atoms with E-state index in [-0.39, 0.29) is 11.9 Å². The quantitative estimate of drug-likeness (QED) is 0.873. The van der Waals surface area contributed by atoms with Crippen LogP contribution < -0.4 is 0 Å². The molecule has 1 aliphatic heterocycles. The molecule has 22 heavy (non-hydrogen) atoms. The summed E-state index contributed by atoms with van der Waals surface area (Å²) in [6.07, 6.45) is 1.83. The second-order valence-corrected chi connectivity index (χ2v) is 5.70. The molecule has 2 aromatic rings. The zero-order valence-electron chi connectivity index (χ0n) is 12.9. The third-order valence-electron chi connectivity index (χ3n) is 4.17. The van der Waals surface area contributed by atoms with Gasteiger partial charge >= 0.3 is 0 Å². The van der Waals surface area contributed by atoms with Gasteiger partial charge in [0.2, 0.25) is 5.91 Å². The molecule has 0 radical (unpaired) electrons. The van der Waals surface area contributed by atoms with Crippen molar-refractivity contribution in [3.8, 4) is 0 Å². The fourth-order valence-corrected chi connectivity index (χ4v) is 3.04. The number of aromatic nitrogens is 1. The Kier molecular flexibility index (Phi) is 4.49. The molecule has 114 valence electrons.